The van der Waals surface area contributed by atoms with E-state index in [1.165, 1.54) is 4.80 Å². The van der Waals surface area contributed by atoms with Crippen molar-refractivity contribution in [3.05, 3.63) is 71.1 Å². The number of fused-ring (bicyclic) bond motifs is 2. The smallest absolute Gasteiger partial charge is 0.256 e. The van der Waals surface area contributed by atoms with Gasteiger partial charge in [0.05, 0.1) is 46.9 Å². The van der Waals surface area contributed by atoms with Crippen LogP contribution >= 0.6 is 11.6 Å². The monoisotopic (exact) mass is 459 g/mol. The van der Waals surface area contributed by atoms with Crippen molar-refractivity contribution in [2.45, 2.75) is 19.4 Å². The van der Waals surface area contributed by atoms with Gasteiger partial charge >= 0.3 is 0 Å². The Kier molecular flexibility index (Phi) is 4.76. The van der Waals surface area contributed by atoms with Crippen LogP contribution in [0, 0.1) is 12.8 Å². The molecule has 9 heteroatoms. The molecule has 0 N–H and O–H groups in total. The van der Waals surface area contributed by atoms with Crippen LogP contribution in [0.15, 0.2) is 55.0 Å². The molecule has 0 radical (unpaired) electrons. The quantitative estimate of drug-likeness (QED) is 0.466. The Morgan fingerprint density at radius 2 is 1.91 bits per heavy atom. The first-order chi connectivity index (χ1) is 16.1. The number of nitrogens with zero attached hydrogens (tertiary/aromatic N) is 7. The highest BCUT2D eigenvalue weighted by Crippen LogP contribution is 2.36. The minimum atomic E-state index is 0.00711. The summed E-state index contributed by atoms with van der Waals surface area (Å²) in [4.78, 5) is 28.6. The zero-order valence-corrected chi connectivity index (χ0v) is 18.9. The lowest BCUT2D eigenvalue weighted by Crippen LogP contribution is -2.65. The number of piperidine rings is 1. The van der Waals surface area contributed by atoms with Gasteiger partial charge in [-0.05, 0) is 43.7 Å². The number of carbonyl (C=O) groups is 1. The van der Waals surface area contributed by atoms with Gasteiger partial charge in [-0.15, -0.1) is 0 Å². The molecule has 0 saturated carbocycles. The van der Waals surface area contributed by atoms with Crippen molar-refractivity contribution in [1.29, 1.82) is 0 Å². The second-order valence-electron chi connectivity index (χ2n) is 8.72. The van der Waals surface area contributed by atoms with E-state index >= 15 is 0 Å². The summed E-state index contributed by atoms with van der Waals surface area (Å²) in [6.45, 7) is 4.31. The first kappa shape index (κ1) is 20.1. The number of anilines is 1. The minimum absolute atomic E-state index is 0.00711. The zero-order chi connectivity index (χ0) is 22.5. The fourth-order valence-electron chi connectivity index (χ4n) is 4.86. The summed E-state index contributed by atoms with van der Waals surface area (Å²) in [6, 6.07) is 11.6. The molecule has 0 aliphatic carbocycles. The van der Waals surface area contributed by atoms with Gasteiger partial charge in [0, 0.05) is 30.6 Å². The van der Waals surface area contributed by atoms with Gasteiger partial charge in [0.25, 0.3) is 5.91 Å². The normalized spacial score (nSPS) is 19.9. The van der Waals surface area contributed by atoms with E-state index < -0.39 is 0 Å². The van der Waals surface area contributed by atoms with Crippen LogP contribution < -0.4 is 4.90 Å². The third kappa shape index (κ3) is 3.51. The summed E-state index contributed by atoms with van der Waals surface area (Å²) >= 11 is 6.15. The van der Waals surface area contributed by atoms with E-state index in [1.807, 2.05) is 54.4 Å². The maximum Gasteiger partial charge on any atom is 0.256 e. The van der Waals surface area contributed by atoms with Crippen molar-refractivity contribution >= 4 is 34.4 Å². The van der Waals surface area contributed by atoms with Gasteiger partial charge in [0.15, 0.2) is 0 Å². The van der Waals surface area contributed by atoms with Crippen molar-refractivity contribution in [1.82, 2.24) is 29.9 Å². The van der Waals surface area contributed by atoms with Gasteiger partial charge < -0.3 is 9.80 Å². The summed E-state index contributed by atoms with van der Waals surface area (Å²) in [5, 5.41) is 9.10. The number of aryl methyl sites for hydroxylation is 1. The van der Waals surface area contributed by atoms with Crippen LogP contribution in [0.4, 0.5) is 5.82 Å². The first-order valence-corrected chi connectivity index (χ1v) is 11.4. The molecule has 166 valence electrons. The Hall–Kier alpha value is -3.52. The highest BCUT2D eigenvalue weighted by molar-refractivity contribution is 6.31. The summed E-state index contributed by atoms with van der Waals surface area (Å²) in [7, 11) is 0. The number of hydrogen-bond donors (Lipinski definition) is 0. The molecule has 2 saturated heterocycles. The SMILES string of the molecule is Cc1ccc(-n2nccn2)c(C(=O)N2CC[C@H]3CN(c4cnc5ccc(Cl)cc5n4)[C@H]3C2)c1. The molecule has 2 fully saturated rings. The average molecular weight is 460 g/mol. The average Bonchev–Trinajstić information content (AvgIpc) is 3.34. The van der Waals surface area contributed by atoms with E-state index in [0.29, 0.717) is 28.7 Å². The Labute approximate surface area is 195 Å². The predicted octanol–water partition coefficient (Wildman–Crippen LogP) is 3.52. The number of halogens is 1. The Morgan fingerprint density at radius 3 is 2.76 bits per heavy atom. The van der Waals surface area contributed by atoms with Crippen LogP contribution in [0.25, 0.3) is 16.7 Å². The molecule has 4 aromatic rings. The maximum atomic E-state index is 13.6. The zero-order valence-electron chi connectivity index (χ0n) is 18.1. The lowest BCUT2D eigenvalue weighted by Gasteiger charge is -2.53. The largest absolute Gasteiger partial charge is 0.350 e. The molecule has 6 rings (SSSR count). The molecular weight excluding hydrogens is 438 g/mol. The van der Waals surface area contributed by atoms with E-state index in [4.69, 9.17) is 16.6 Å². The minimum Gasteiger partial charge on any atom is -0.350 e. The summed E-state index contributed by atoms with van der Waals surface area (Å²) in [5.41, 5.74) is 3.94. The molecule has 0 spiro atoms. The van der Waals surface area contributed by atoms with Crippen LogP contribution in [-0.2, 0) is 0 Å². The fourth-order valence-corrected chi connectivity index (χ4v) is 5.03. The van der Waals surface area contributed by atoms with Crippen LogP contribution in [0.5, 0.6) is 0 Å². The lowest BCUT2D eigenvalue weighted by atomic mass is 9.82. The van der Waals surface area contributed by atoms with Crippen molar-refractivity contribution in [3.8, 4) is 5.69 Å². The maximum absolute atomic E-state index is 13.6. The lowest BCUT2D eigenvalue weighted by molar-refractivity contribution is 0.0591. The molecule has 0 bridgehead atoms. The van der Waals surface area contributed by atoms with E-state index in [9.17, 15) is 4.79 Å². The predicted molar refractivity (Wildman–Crippen MR) is 126 cm³/mol. The molecule has 2 aliphatic rings. The van der Waals surface area contributed by atoms with E-state index in [2.05, 4.69) is 20.1 Å². The summed E-state index contributed by atoms with van der Waals surface area (Å²) < 4.78 is 0. The van der Waals surface area contributed by atoms with E-state index in [0.717, 1.165) is 41.9 Å². The molecule has 0 unspecified atom stereocenters. The van der Waals surface area contributed by atoms with Gasteiger partial charge in [0.2, 0.25) is 0 Å². The second kappa shape index (κ2) is 7.81. The second-order valence-corrected chi connectivity index (χ2v) is 9.16. The van der Waals surface area contributed by atoms with Crippen LogP contribution in [0.1, 0.15) is 22.3 Å². The van der Waals surface area contributed by atoms with Crippen LogP contribution in [0.3, 0.4) is 0 Å². The Morgan fingerprint density at radius 1 is 1.06 bits per heavy atom. The van der Waals surface area contributed by atoms with E-state index in [1.54, 1.807) is 12.4 Å². The number of aromatic nitrogens is 5. The van der Waals surface area contributed by atoms with Crippen molar-refractivity contribution in [3.63, 3.8) is 0 Å². The summed E-state index contributed by atoms with van der Waals surface area (Å²) in [5.74, 6) is 1.39. The number of hydrogen-bond acceptors (Lipinski definition) is 6. The number of carbonyl (C=O) groups excluding carboxylic acids is 1. The number of likely N-dealkylation sites (tertiary alicyclic amines) is 1. The Bertz CT molecular complexity index is 1360. The van der Waals surface area contributed by atoms with Crippen molar-refractivity contribution in [2.24, 2.45) is 5.92 Å². The molecule has 2 aliphatic heterocycles. The topological polar surface area (TPSA) is 80.0 Å². The van der Waals surface area contributed by atoms with E-state index in [-0.39, 0.29) is 11.9 Å². The molecule has 33 heavy (non-hydrogen) atoms. The van der Waals surface area contributed by atoms with Gasteiger partial charge in [-0.25, -0.2) is 4.98 Å². The highest BCUT2D eigenvalue weighted by atomic mass is 35.5. The van der Waals surface area contributed by atoms with Gasteiger partial charge in [-0.3, -0.25) is 9.78 Å². The van der Waals surface area contributed by atoms with Crippen LogP contribution in [-0.4, -0.2) is 61.4 Å². The first-order valence-electron chi connectivity index (χ1n) is 11.0. The van der Waals surface area contributed by atoms with Crippen molar-refractivity contribution in [2.75, 3.05) is 24.5 Å². The molecule has 2 atom stereocenters. The highest BCUT2D eigenvalue weighted by Gasteiger charge is 2.44. The fraction of sp³-hybridized carbons (Fsp3) is 0.292. The third-order valence-corrected chi connectivity index (χ3v) is 6.88. The number of rotatable bonds is 3. The molecule has 2 aromatic heterocycles. The summed E-state index contributed by atoms with van der Waals surface area (Å²) in [6.07, 6.45) is 6.02. The van der Waals surface area contributed by atoms with Gasteiger partial charge in [0.1, 0.15) is 5.82 Å². The van der Waals surface area contributed by atoms with Gasteiger partial charge in [-0.1, -0.05) is 23.2 Å². The number of benzene rings is 2. The molecule has 8 nitrogen and oxygen atoms in total. The standard InChI is InChI=1S/C24H22ClN7O/c1-15-2-5-21(32-27-7-8-28-32)18(10-15)24(33)30-9-6-16-13-31(22(16)14-30)23-12-26-19-4-3-17(25)11-20(19)29-23/h2-5,7-8,10-12,16,22H,6,9,13-14H2,1H3/t16-,22-/m0/s1. The van der Waals surface area contributed by atoms with Crippen molar-refractivity contribution < 1.29 is 4.79 Å². The van der Waals surface area contributed by atoms with Crippen LogP contribution in [0.2, 0.25) is 5.02 Å². The number of amides is 1. The third-order valence-electron chi connectivity index (χ3n) is 6.64. The molecule has 1 amide bonds. The Balaban J connectivity index is 1.26. The van der Waals surface area contributed by atoms with Gasteiger partial charge in [-0.2, -0.15) is 15.0 Å². The molecular formula is C24H22ClN7O. The molecule has 2 aromatic carbocycles. The molecule has 4 heterocycles.